The number of benzene rings is 6. The van der Waals surface area contributed by atoms with Gasteiger partial charge in [-0.3, -0.25) is 4.79 Å². The smallest absolute Gasteiger partial charge is 0.259 e. The lowest BCUT2D eigenvalue weighted by Gasteiger charge is -2.31. The molecular formula is C36H26N2O. The average Bonchev–Trinajstić information content (AvgIpc) is 3.00. The quantitative estimate of drug-likeness (QED) is 0.245. The largest absolute Gasteiger partial charge is 0.397 e. The lowest BCUT2D eigenvalue weighted by atomic mass is 9.86. The maximum Gasteiger partial charge on any atom is 0.259 e. The standard InChI is InChI=1S/C36H26N2O/c37-35-30(26-15-8-3-9-16-26)17-10-18-33(35)38-23-27-19-20-29(25-13-6-2-7-14-25)31-21-28(24-11-4-1-5-12-24)22-32(34(27)31)36(38)39/h1-22H,23,37H2. The fourth-order valence-corrected chi connectivity index (χ4v) is 5.76. The molecule has 1 heterocycles. The van der Waals surface area contributed by atoms with E-state index in [0.29, 0.717) is 17.8 Å². The second-order valence-corrected chi connectivity index (χ2v) is 9.95. The minimum absolute atomic E-state index is 0.0348. The molecule has 0 atom stereocenters. The number of carbonyl (C=O) groups is 1. The van der Waals surface area contributed by atoms with Gasteiger partial charge in [0.15, 0.2) is 0 Å². The lowest BCUT2D eigenvalue weighted by molar-refractivity contribution is 0.0984. The number of nitrogens with zero attached hydrogens (tertiary/aromatic N) is 1. The van der Waals surface area contributed by atoms with E-state index in [4.69, 9.17) is 5.73 Å². The number of amides is 1. The van der Waals surface area contributed by atoms with Gasteiger partial charge in [0.25, 0.3) is 5.91 Å². The molecule has 186 valence electrons. The van der Waals surface area contributed by atoms with Crippen molar-refractivity contribution < 1.29 is 4.79 Å². The van der Waals surface area contributed by atoms with Crippen LogP contribution < -0.4 is 10.6 Å². The van der Waals surface area contributed by atoms with E-state index in [1.807, 2.05) is 83.8 Å². The van der Waals surface area contributed by atoms with Crippen molar-refractivity contribution in [1.82, 2.24) is 0 Å². The van der Waals surface area contributed by atoms with Crippen LogP contribution in [0.15, 0.2) is 133 Å². The first-order valence-corrected chi connectivity index (χ1v) is 13.2. The SMILES string of the molecule is Nc1c(-c2ccccc2)cccc1N1Cc2ccc(-c3ccccc3)c3cc(-c4ccccc4)cc(c23)C1=O. The Morgan fingerprint density at radius 2 is 1.15 bits per heavy atom. The molecule has 2 N–H and O–H groups in total. The van der Waals surface area contributed by atoms with Crippen molar-refractivity contribution in [3.8, 4) is 33.4 Å². The molecule has 0 fully saturated rings. The number of hydrogen-bond acceptors (Lipinski definition) is 2. The molecule has 0 spiro atoms. The maximum absolute atomic E-state index is 14.3. The van der Waals surface area contributed by atoms with Gasteiger partial charge in [-0.1, -0.05) is 115 Å². The highest BCUT2D eigenvalue weighted by atomic mass is 16.2. The van der Waals surface area contributed by atoms with E-state index in [2.05, 4.69) is 54.6 Å². The summed E-state index contributed by atoms with van der Waals surface area (Å²) in [6.45, 7) is 0.463. The number of anilines is 2. The van der Waals surface area contributed by atoms with Gasteiger partial charge < -0.3 is 10.6 Å². The minimum atomic E-state index is -0.0348. The Balaban J connectivity index is 1.44. The van der Waals surface area contributed by atoms with Crippen LogP contribution in [0.4, 0.5) is 11.4 Å². The summed E-state index contributed by atoms with van der Waals surface area (Å²) < 4.78 is 0. The van der Waals surface area contributed by atoms with Crippen molar-refractivity contribution in [3.63, 3.8) is 0 Å². The van der Waals surface area contributed by atoms with Crippen molar-refractivity contribution in [2.24, 2.45) is 0 Å². The predicted molar refractivity (Wildman–Crippen MR) is 162 cm³/mol. The Bertz CT molecular complexity index is 1840. The molecular weight excluding hydrogens is 476 g/mol. The third kappa shape index (κ3) is 3.87. The molecule has 0 aromatic heterocycles. The van der Waals surface area contributed by atoms with Crippen LogP contribution in [0.2, 0.25) is 0 Å². The highest BCUT2D eigenvalue weighted by Gasteiger charge is 2.30. The van der Waals surface area contributed by atoms with Crippen molar-refractivity contribution in [2.45, 2.75) is 6.54 Å². The molecule has 3 heteroatoms. The van der Waals surface area contributed by atoms with Crippen molar-refractivity contribution in [2.75, 3.05) is 10.6 Å². The normalized spacial score (nSPS) is 12.6. The topological polar surface area (TPSA) is 46.3 Å². The van der Waals surface area contributed by atoms with E-state index in [1.54, 1.807) is 0 Å². The van der Waals surface area contributed by atoms with Crippen molar-refractivity contribution in [3.05, 3.63) is 145 Å². The molecule has 39 heavy (non-hydrogen) atoms. The molecule has 1 aliphatic rings. The molecule has 6 aromatic carbocycles. The van der Waals surface area contributed by atoms with Crippen LogP contribution in [-0.4, -0.2) is 5.91 Å². The Hall–Kier alpha value is -5.15. The van der Waals surface area contributed by atoms with Gasteiger partial charge in [-0.05, 0) is 57.0 Å². The summed E-state index contributed by atoms with van der Waals surface area (Å²) >= 11 is 0. The fraction of sp³-hybridized carbons (Fsp3) is 0.0278. The van der Waals surface area contributed by atoms with Gasteiger partial charge in [0.2, 0.25) is 0 Å². The van der Waals surface area contributed by atoms with Crippen molar-refractivity contribution in [1.29, 1.82) is 0 Å². The van der Waals surface area contributed by atoms with Gasteiger partial charge in [-0.2, -0.15) is 0 Å². The van der Waals surface area contributed by atoms with E-state index in [-0.39, 0.29) is 5.91 Å². The molecule has 3 nitrogen and oxygen atoms in total. The summed E-state index contributed by atoms with van der Waals surface area (Å²) in [6, 6.07) is 45.3. The molecule has 0 bridgehead atoms. The van der Waals surface area contributed by atoms with Gasteiger partial charge in [0, 0.05) is 16.5 Å². The van der Waals surface area contributed by atoms with E-state index in [0.717, 1.165) is 55.4 Å². The second kappa shape index (κ2) is 9.30. The molecule has 7 rings (SSSR count). The minimum Gasteiger partial charge on any atom is -0.397 e. The van der Waals surface area contributed by atoms with Gasteiger partial charge in [0.05, 0.1) is 17.9 Å². The zero-order chi connectivity index (χ0) is 26.3. The van der Waals surface area contributed by atoms with E-state index in [1.165, 1.54) is 0 Å². The molecule has 0 saturated heterocycles. The Labute approximate surface area is 227 Å². The first-order valence-electron chi connectivity index (χ1n) is 13.2. The predicted octanol–water partition coefficient (Wildman–Crippen LogP) is 8.58. The zero-order valence-electron chi connectivity index (χ0n) is 21.3. The number of carbonyl (C=O) groups excluding carboxylic acids is 1. The zero-order valence-corrected chi connectivity index (χ0v) is 21.3. The van der Waals surface area contributed by atoms with Crippen LogP contribution in [0.1, 0.15) is 15.9 Å². The average molecular weight is 503 g/mol. The third-order valence-corrected chi connectivity index (χ3v) is 7.66. The van der Waals surface area contributed by atoms with Crippen LogP contribution in [0.3, 0.4) is 0 Å². The Kier molecular flexibility index (Phi) is 5.49. The first kappa shape index (κ1) is 23.0. The van der Waals surface area contributed by atoms with Crippen LogP contribution in [-0.2, 0) is 6.54 Å². The lowest BCUT2D eigenvalue weighted by Crippen LogP contribution is -2.34. The van der Waals surface area contributed by atoms with E-state index in [9.17, 15) is 4.79 Å². The van der Waals surface area contributed by atoms with E-state index >= 15 is 0 Å². The summed E-state index contributed by atoms with van der Waals surface area (Å²) in [5, 5.41) is 2.11. The summed E-state index contributed by atoms with van der Waals surface area (Å²) in [4.78, 5) is 16.1. The van der Waals surface area contributed by atoms with Gasteiger partial charge in [-0.15, -0.1) is 0 Å². The fourth-order valence-electron chi connectivity index (χ4n) is 5.76. The molecule has 0 unspecified atom stereocenters. The van der Waals surface area contributed by atoms with Gasteiger partial charge >= 0.3 is 0 Å². The molecule has 1 aliphatic heterocycles. The highest BCUT2D eigenvalue weighted by Crippen LogP contribution is 2.42. The van der Waals surface area contributed by atoms with Crippen LogP contribution in [0.25, 0.3) is 44.2 Å². The molecule has 1 amide bonds. The monoisotopic (exact) mass is 502 g/mol. The summed E-state index contributed by atoms with van der Waals surface area (Å²) in [5.41, 5.74) is 16.2. The Morgan fingerprint density at radius 1 is 0.538 bits per heavy atom. The number of para-hydroxylation sites is 1. The Morgan fingerprint density at radius 3 is 1.82 bits per heavy atom. The molecule has 0 radical (unpaired) electrons. The highest BCUT2D eigenvalue weighted by molar-refractivity contribution is 6.21. The van der Waals surface area contributed by atoms with Crippen LogP contribution in [0, 0.1) is 0 Å². The van der Waals surface area contributed by atoms with Crippen LogP contribution >= 0.6 is 0 Å². The number of nitrogens with two attached hydrogens (primary N) is 1. The molecule has 6 aromatic rings. The second-order valence-electron chi connectivity index (χ2n) is 9.95. The third-order valence-electron chi connectivity index (χ3n) is 7.66. The van der Waals surface area contributed by atoms with Crippen LogP contribution in [0.5, 0.6) is 0 Å². The summed E-state index contributed by atoms with van der Waals surface area (Å²) in [5.74, 6) is -0.0348. The molecule has 0 saturated carbocycles. The first-order chi connectivity index (χ1) is 19.2. The van der Waals surface area contributed by atoms with Gasteiger partial charge in [-0.25, -0.2) is 0 Å². The van der Waals surface area contributed by atoms with Crippen molar-refractivity contribution >= 4 is 28.1 Å². The maximum atomic E-state index is 14.3. The summed E-state index contributed by atoms with van der Waals surface area (Å²) in [6.07, 6.45) is 0. The number of rotatable bonds is 4. The number of hydrogen-bond donors (Lipinski definition) is 1. The number of nitrogen functional groups attached to an aromatic ring is 1. The van der Waals surface area contributed by atoms with Gasteiger partial charge in [0.1, 0.15) is 0 Å². The summed E-state index contributed by atoms with van der Waals surface area (Å²) in [7, 11) is 0. The molecule has 0 aliphatic carbocycles. The van der Waals surface area contributed by atoms with E-state index < -0.39 is 0 Å².